The number of hydrogen-bond donors (Lipinski definition) is 0. The Hall–Kier alpha value is -0.586. The van der Waals surface area contributed by atoms with Gasteiger partial charge in [0.15, 0.2) is 0 Å². The van der Waals surface area contributed by atoms with Gasteiger partial charge in [-0.25, -0.2) is 0 Å². The summed E-state index contributed by atoms with van der Waals surface area (Å²) in [6, 6.07) is 8.57. The van der Waals surface area contributed by atoms with Gasteiger partial charge in [0.05, 0.1) is 0 Å². The number of benzene rings is 1. The maximum atomic E-state index is 2.58. The summed E-state index contributed by atoms with van der Waals surface area (Å²) in [5.41, 5.74) is 3.90. The molecule has 0 aliphatic rings. The molecule has 0 atom stereocenters. The summed E-state index contributed by atoms with van der Waals surface area (Å²) in [6.07, 6.45) is 2.20. The number of aryl methyl sites for hydroxylation is 1. The molecule has 0 amide bonds. The van der Waals surface area contributed by atoms with Crippen LogP contribution in [0.5, 0.6) is 0 Å². The minimum atomic E-state index is 1.27. The Morgan fingerprint density at radius 2 is 1.53 bits per heavy atom. The molecule has 0 radical (unpaired) electrons. The summed E-state index contributed by atoms with van der Waals surface area (Å²) in [7, 11) is 0. The van der Waals surface area contributed by atoms with Gasteiger partial charge in [0.2, 0.25) is 0 Å². The molecular formula is C14H20V. The van der Waals surface area contributed by atoms with Gasteiger partial charge >= 0.3 is 89.0 Å². The molecule has 1 aromatic rings. The van der Waals surface area contributed by atoms with Gasteiger partial charge in [-0.2, -0.15) is 0 Å². The fourth-order valence-electron chi connectivity index (χ4n) is 1.02. The van der Waals surface area contributed by atoms with E-state index in [0.29, 0.717) is 0 Å². The molecule has 0 fully saturated rings. The minimum absolute atomic E-state index is 1.27. The average molecular weight is 239 g/mol. The molecule has 0 heterocycles. The topological polar surface area (TPSA) is 0 Å². The van der Waals surface area contributed by atoms with Crippen molar-refractivity contribution in [2.75, 3.05) is 0 Å². The van der Waals surface area contributed by atoms with Crippen LogP contribution in [0.2, 0.25) is 0 Å². The predicted molar refractivity (Wildman–Crippen MR) is 66.9 cm³/mol. The molecule has 0 N–H and O–H groups in total. The Balaban J connectivity index is 0.000000921. The third-order valence-corrected chi connectivity index (χ3v) is 2.58. The van der Waals surface area contributed by atoms with Crippen LogP contribution in [0.1, 0.15) is 38.8 Å². The second kappa shape index (κ2) is 7.67. The van der Waals surface area contributed by atoms with Crippen LogP contribution in [0.15, 0.2) is 29.8 Å². The van der Waals surface area contributed by atoms with Crippen LogP contribution in [0.4, 0.5) is 0 Å². The predicted octanol–water partition coefficient (Wildman–Crippen LogP) is 4.16. The summed E-state index contributed by atoms with van der Waals surface area (Å²) in [4.78, 5) is 0. The van der Waals surface area contributed by atoms with Crippen molar-refractivity contribution in [1.82, 2.24) is 0 Å². The summed E-state index contributed by atoms with van der Waals surface area (Å²) in [5, 5.41) is 0. The molecule has 1 heteroatoms. The van der Waals surface area contributed by atoms with Crippen LogP contribution in [0, 0.1) is 6.92 Å². The first-order valence-corrected chi connectivity index (χ1v) is 6.07. The van der Waals surface area contributed by atoms with E-state index in [0.717, 1.165) is 0 Å². The van der Waals surface area contributed by atoms with Crippen molar-refractivity contribution >= 4 is 10.3 Å². The zero-order valence-corrected chi connectivity index (χ0v) is 11.7. The zero-order chi connectivity index (χ0) is 11.8. The SMILES string of the molecule is CC.C[C](=[V])/C(C)=C\c1ccc(C)cc1. The van der Waals surface area contributed by atoms with Gasteiger partial charge in [0.1, 0.15) is 0 Å². The van der Waals surface area contributed by atoms with Crippen LogP contribution in [-0.4, -0.2) is 4.23 Å². The van der Waals surface area contributed by atoms with Gasteiger partial charge in [-0.15, -0.1) is 0 Å². The Morgan fingerprint density at radius 3 is 1.93 bits per heavy atom. The molecule has 0 unspecified atom stereocenters. The third-order valence-electron chi connectivity index (χ3n) is 2.03. The van der Waals surface area contributed by atoms with Crippen molar-refractivity contribution in [2.24, 2.45) is 0 Å². The summed E-state index contributed by atoms with van der Waals surface area (Å²) >= 11 is 2.58. The Labute approximate surface area is 103 Å². The molecule has 0 saturated heterocycles. The van der Waals surface area contributed by atoms with E-state index in [4.69, 9.17) is 0 Å². The molecule has 81 valence electrons. The van der Waals surface area contributed by atoms with E-state index >= 15 is 0 Å². The molecular weight excluding hydrogens is 219 g/mol. The van der Waals surface area contributed by atoms with Crippen LogP contribution in [0.3, 0.4) is 0 Å². The monoisotopic (exact) mass is 239 g/mol. The van der Waals surface area contributed by atoms with E-state index in [9.17, 15) is 0 Å². The van der Waals surface area contributed by atoms with Crippen LogP contribution in [-0.2, 0) is 17.0 Å². The van der Waals surface area contributed by atoms with Crippen molar-refractivity contribution in [3.63, 3.8) is 0 Å². The number of rotatable bonds is 2. The summed E-state index contributed by atoms with van der Waals surface area (Å²) < 4.78 is 1.31. The molecule has 0 saturated carbocycles. The van der Waals surface area contributed by atoms with E-state index in [1.165, 1.54) is 20.9 Å². The molecule has 0 nitrogen and oxygen atoms in total. The Morgan fingerprint density at radius 1 is 1.07 bits per heavy atom. The normalized spacial score (nSPS) is 10.3. The molecule has 0 spiro atoms. The van der Waals surface area contributed by atoms with Crippen LogP contribution in [0.25, 0.3) is 6.08 Å². The van der Waals surface area contributed by atoms with Crippen molar-refractivity contribution in [2.45, 2.75) is 34.6 Å². The summed E-state index contributed by atoms with van der Waals surface area (Å²) in [6.45, 7) is 10.3. The quantitative estimate of drug-likeness (QED) is 0.726. The first-order valence-electron chi connectivity index (χ1n) is 5.37. The first kappa shape index (κ1) is 14.4. The molecule has 15 heavy (non-hydrogen) atoms. The molecule has 0 aliphatic carbocycles. The van der Waals surface area contributed by atoms with Crippen LogP contribution >= 0.6 is 0 Å². The zero-order valence-electron chi connectivity index (χ0n) is 10.3. The Bertz CT molecular complexity index is 331. The van der Waals surface area contributed by atoms with Gasteiger partial charge < -0.3 is 0 Å². The Kier molecular flexibility index (Phi) is 7.37. The van der Waals surface area contributed by atoms with Gasteiger partial charge in [-0.1, -0.05) is 13.8 Å². The summed E-state index contributed by atoms with van der Waals surface area (Å²) in [5.74, 6) is 0. The van der Waals surface area contributed by atoms with Gasteiger partial charge in [0, 0.05) is 0 Å². The van der Waals surface area contributed by atoms with E-state index in [2.05, 4.69) is 68.1 Å². The average Bonchev–Trinajstić information content (AvgIpc) is 2.24. The van der Waals surface area contributed by atoms with Gasteiger partial charge in [0.25, 0.3) is 0 Å². The molecule has 1 aromatic carbocycles. The van der Waals surface area contributed by atoms with Gasteiger partial charge in [-0.3, -0.25) is 0 Å². The number of allylic oxidation sites excluding steroid dienone is 1. The second-order valence-corrected chi connectivity index (χ2v) is 4.37. The number of hydrogen-bond acceptors (Lipinski definition) is 0. The molecule has 0 bridgehead atoms. The fraction of sp³-hybridized carbons (Fsp3) is 0.357. The second-order valence-electron chi connectivity index (χ2n) is 3.32. The van der Waals surface area contributed by atoms with E-state index in [-0.39, 0.29) is 0 Å². The van der Waals surface area contributed by atoms with E-state index in [1.54, 1.807) is 0 Å². The molecule has 0 aliphatic heterocycles. The van der Waals surface area contributed by atoms with Gasteiger partial charge in [-0.05, 0) is 0 Å². The van der Waals surface area contributed by atoms with Crippen molar-refractivity contribution in [3.8, 4) is 0 Å². The van der Waals surface area contributed by atoms with E-state index in [1.807, 2.05) is 13.8 Å². The standard InChI is InChI=1S/C12H14.C2H6.V/c1-4-10(2)9-12-7-5-11(3)6-8-12;1-2;/h5-9H,1-3H3;1-2H3;/b10-9-;;. The molecule has 1 rings (SSSR count). The maximum absolute atomic E-state index is 2.58. The van der Waals surface area contributed by atoms with Crippen LogP contribution < -0.4 is 0 Å². The van der Waals surface area contributed by atoms with Crippen molar-refractivity contribution < 1.29 is 17.0 Å². The van der Waals surface area contributed by atoms with Crippen molar-refractivity contribution in [3.05, 3.63) is 41.0 Å². The van der Waals surface area contributed by atoms with E-state index < -0.39 is 0 Å². The fourth-order valence-corrected chi connectivity index (χ4v) is 1.12. The first-order chi connectivity index (χ1) is 7.09. The molecule has 0 aromatic heterocycles. The third kappa shape index (κ3) is 5.76. The van der Waals surface area contributed by atoms with Crippen molar-refractivity contribution in [1.29, 1.82) is 0 Å².